The zero-order valence-electron chi connectivity index (χ0n) is 8.30. The van der Waals surface area contributed by atoms with Crippen LogP contribution in [-0.4, -0.2) is 22.5 Å². The predicted molar refractivity (Wildman–Crippen MR) is 53.7 cm³/mol. The van der Waals surface area contributed by atoms with Crippen molar-refractivity contribution in [2.24, 2.45) is 0 Å². The quantitative estimate of drug-likeness (QED) is 0.557. The summed E-state index contributed by atoms with van der Waals surface area (Å²) < 4.78 is 4.92. The molecule has 0 spiro atoms. The Balaban J connectivity index is 2.23. The molecule has 2 N–H and O–H groups in total. The van der Waals surface area contributed by atoms with Gasteiger partial charge in [-0.25, -0.2) is 0 Å². The Morgan fingerprint density at radius 2 is 1.93 bits per heavy atom. The largest absolute Gasteiger partial charge is 0.461 e. The summed E-state index contributed by atoms with van der Waals surface area (Å²) in [5.74, 6) is -0.424. The average Bonchev–Trinajstić information content (AvgIpc) is 2.25. The van der Waals surface area contributed by atoms with E-state index in [1.54, 1.807) is 0 Å². The van der Waals surface area contributed by atoms with Gasteiger partial charge in [0.15, 0.2) is 6.29 Å². The lowest BCUT2D eigenvalue weighted by Gasteiger charge is -2.05. The van der Waals surface area contributed by atoms with E-state index in [1.165, 1.54) is 0 Å². The SMILES string of the molecule is O=C(CCC(O)O)OCc1ccccc1. The van der Waals surface area contributed by atoms with E-state index in [0.29, 0.717) is 0 Å². The Morgan fingerprint density at radius 1 is 1.27 bits per heavy atom. The first-order valence-electron chi connectivity index (χ1n) is 4.74. The van der Waals surface area contributed by atoms with Crippen LogP contribution in [0.1, 0.15) is 18.4 Å². The van der Waals surface area contributed by atoms with Crippen molar-refractivity contribution in [3.05, 3.63) is 35.9 Å². The Kier molecular flexibility index (Phi) is 4.80. The molecule has 0 unspecified atom stereocenters. The average molecular weight is 210 g/mol. The highest BCUT2D eigenvalue weighted by Gasteiger charge is 2.06. The maximum Gasteiger partial charge on any atom is 0.306 e. The minimum atomic E-state index is -1.45. The summed E-state index contributed by atoms with van der Waals surface area (Å²) in [7, 11) is 0. The van der Waals surface area contributed by atoms with Crippen molar-refractivity contribution in [3.8, 4) is 0 Å². The minimum Gasteiger partial charge on any atom is -0.461 e. The second kappa shape index (κ2) is 6.16. The Morgan fingerprint density at radius 3 is 2.53 bits per heavy atom. The Bertz CT molecular complexity index is 295. The molecule has 1 rings (SSSR count). The number of hydrogen-bond acceptors (Lipinski definition) is 4. The van der Waals surface area contributed by atoms with E-state index in [4.69, 9.17) is 14.9 Å². The third kappa shape index (κ3) is 5.15. The van der Waals surface area contributed by atoms with Crippen LogP contribution in [0.2, 0.25) is 0 Å². The maximum atomic E-state index is 11.1. The molecule has 0 aliphatic heterocycles. The Hall–Kier alpha value is -1.39. The van der Waals surface area contributed by atoms with Crippen molar-refractivity contribution in [1.82, 2.24) is 0 Å². The van der Waals surface area contributed by atoms with Gasteiger partial charge in [-0.05, 0) is 5.56 Å². The van der Waals surface area contributed by atoms with E-state index < -0.39 is 12.3 Å². The highest BCUT2D eigenvalue weighted by Crippen LogP contribution is 2.03. The molecule has 0 aliphatic rings. The fraction of sp³-hybridized carbons (Fsp3) is 0.364. The van der Waals surface area contributed by atoms with Gasteiger partial charge >= 0.3 is 5.97 Å². The number of esters is 1. The molecule has 0 saturated carbocycles. The van der Waals surface area contributed by atoms with Crippen LogP contribution < -0.4 is 0 Å². The lowest BCUT2D eigenvalue weighted by molar-refractivity contribution is -0.147. The molecule has 0 saturated heterocycles. The number of aliphatic hydroxyl groups is 2. The summed E-state index contributed by atoms with van der Waals surface area (Å²) in [6.07, 6.45) is -1.42. The van der Waals surface area contributed by atoms with Gasteiger partial charge in [-0.3, -0.25) is 4.79 Å². The van der Waals surface area contributed by atoms with Gasteiger partial charge in [0.25, 0.3) is 0 Å². The van der Waals surface area contributed by atoms with Crippen molar-refractivity contribution in [2.45, 2.75) is 25.7 Å². The third-order valence-corrected chi connectivity index (χ3v) is 1.85. The molecule has 0 heterocycles. The molecule has 0 aliphatic carbocycles. The predicted octanol–water partition coefficient (Wildman–Crippen LogP) is 0.821. The number of carbonyl (C=O) groups excluding carboxylic acids is 1. The Labute approximate surface area is 88.1 Å². The summed E-state index contributed by atoms with van der Waals surface area (Å²) in [6, 6.07) is 9.32. The van der Waals surface area contributed by atoms with E-state index >= 15 is 0 Å². The fourth-order valence-electron chi connectivity index (χ4n) is 1.06. The lowest BCUT2D eigenvalue weighted by Crippen LogP contribution is -2.10. The maximum absolute atomic E-state index is 11.1. The summed E-state index contributed by atoms with van der Waals surface area (Å²) in [6.45, 7) is 0.223. The summed E-state index contributed by atoms with van der Waals surface area (Å²) in [5, 5.41) is 17.1. The number of aliphatic hydroxyl groups excluding tert-OH is 1. The topological polar surface area (TPSA) is 66.8 Å². The van der Waals surface area contributed by atoms with Crippen molar-refractivity contribution in [2.75, 3.05) is 0 Å². The second-order valence-electron chi connectivity index (χ2n) is 3.17. The van der Waals surface area contributed by atoms with Gasteiger partial charge in [0.1, 0.15) is 6.61 Å². The molecule has 0 amide bonds. The van der Waals surface area contributed by atoms with Gasteiger partial charge in [-0.15, -0.1) is 0 Å². The van der Waals surface area contributed by atoms with Gasteiger partial charge in [0.2, 0.25) is 0 Å². The number of hydrogen-bond donors (Lipinski definition) is 2. The first-order valence-corrected chi connectivity index (χ1v) is 4.74. The van der Waals surface area contributed by atoms with Crippen LogP contribution >= 0.6 is 0 Å². The normalized spacial score (nSPS) is 10.3. The van der Waals surface area contributed by atoms with E-state index in [2.05, 4.69) is 0 Å². The fourth-order valence-corrected chi connectivity index (χ4v) is 1.06. The van der Waals surface area contributed by atoms with Crippen molar-refractivity contribution in [1.29, 1.82) is 0 Å². The van der Waals surface area contributed by atoms with Gasteiger partial charge in [0, 0.05) is 6.42 Å². The standard InChI is InChI=1S/C11H14O4/c12-10(13)6-7-11(14)15-8-9-4-2-1-3-5-9/h1-5,10,12-13H,6-8H2. The molecule has 4 nitrogen and oxygen atoms in total. The highest BCUT2D eigenvalue weighted by atomic mass is 16.5. The lowest BCUT2D eigenvalue weighted by atomic mass is 10.2. The van der Waals surface area contributed by atoms with Gasteiger partial charge in [-0.2, -0.15) is 0 Å². The van der Waals surface area contributed by atoms with Crippen LogP contribution in [0.25, 0.3) is 0 Å². The first kappa shape index (κ1) is 11.7. The minimum absolute atomic E-state index is 0.00756. The van der Waals surface area contributed by atoms with E-state index in [0.717, 1.165) is 5.56 Å². The summed E-state index contributed by atoms with van der Waals surface area (Å²) >= 11 is 0. The van der Waals surface area contributed by atoms with Gasteiger partial charge < -0.3 is 14.9 Å². The molecule has 1 aromatic rings. The number of rotatable bonds is 5. The molecule has 15 heavy (non-hydrogen) atoms. The number of carbonyl (C=O) groups is 1. The molecule has 0 bridgehead atoms. The van der Waals surface area contributed by atoms with Crippen LogP contribution in [0.4, 0.5) is 0 Å². The molecule has 0 atom stereocenters. The van der Waals surface area contributed by atoms with Crippen LogP contribution in [0.3, 0.4) is 0 Å². The van der Waals surface area contributed by atoms with Crippen molar-refractivity contribution in [3.63, 3.8) is 0 Å². The molecule has 1 aromatic carbocycles. The monoisotopic (exact) mass is 210 g/mol. The molecular formula is C11H14O4. The third-order valence-electron chi connectivity index (χ3n) is 1.85. The zero-order valence-corrected chi connectivity index (χ0v) is 8.30. The van der Waals surface area contributed by atoms with Crippen LogP contribution in [-0.2, 0) is 16.1 Å². The first-order chi connectivity index (χ1) is 7.18. The zero-order chi connectivity index (χ0) is 11.1. The smallest absolute Gasteiger partial charge is 0.306 e. The van der Waals surface area contributed by atoms with Crippen molar-refractivity contribution >= 4 is 5.97 Å². The molecule has 0 radical (unpaired) electrons. The molecule has 0 fully saturated rings. The number of ether oxygens (including phenoxy) is 1. The summed E-state index contributed by atoms with van der Waals surface area (Å²) in [5.41, 5.74) is 0.912. The molecule has 0 aromatic heterocycles. The molecule has 4 heteroatoms. The van der Waals surface area contributed by atoms with E-state index in [9.17, 15) is 4.79 Å². The van der Waals surface area contributed by atoms with Crippen LogP contribution in [0.15, 0.2) is 30.3 Å². The van der Waals surface area contributed by atoms with E-state index in [-0.39, 0.29) is 19.4 Å². The summed E-state index contributed by atoms with van der Waals surface area (Å²) in [4.78, 5) is 11.1. The van der Waals surface area contributed by atoms with Gasteiger partial charge in [0.05, 0.1) is 6.42 Å². The highest BCUT2D eigenvalue weighted by molar-refractivity contribution is 5.69. The van der Waals surface area contributed by atoms with Gasteiger partial charge in [-0.1, -0.05) is 30.3 Å². The van der Waals surface area contributed by atoms with Crippen molar-refractivity contribution < 1.29 is 19.7 Å². The van der Waals surface area contributed by atoms with Crippen LogP contribution in [0, 0.1) is 0 Å². The molecular weight excluding hydrogens is 196 g/mol. The second-order valence-corrected chi connectivity index (χ2v) is 3.17. The molecule has 82 valence electrons. The van der Waals surface area contributed by atoms with E-state index in [1.807, 2.05) is 30.3 Å². The van der Waals surface area contributed by atoms with Crippen LogP contribution in [0.5, 0.6) is 0 Å². The number of benzene rings is 1.